The van der Waals surface area contributed by atoms with Gasteiger partial charge in [0.15, 0.2) is 0 Å². The number of fused-ring (bicyclic) bond motifs is 1. The number of halogens is 1. The van der Waals surface area contributed by atoms with Gasteiger partial charge in [-0.3, -0.25) is 4.68 Å². The summed E-state index contributed by atoms with van der Waals surface area (Å²) in [6, 6.07) is 20.1. The molecule has 7 heteroatoms. The Hall–Kier alpha value is -2.74. The summed E-state index contributed by atoms with van der Waals surface area (Å²) in [5, 5.41) is 21.3. The third-order valence-corrected chi connectivity index (χ3v) is 6.96. The predicted molar refractivity (Wildman–Crippen MR) is 132 cm³/mol. The molecular weight excluding hydrogens is 480 g/mol. The lowest BCUT2D eigenvalue weighted by atomic mass is 9.77. The molecule has 2 aromatic carbocycles. The second-order valence-corrected chi connectivity index (χ2v) is 9.63. The molecule has 33 heavy (non-hydrogen) atoms. The maximum Gasteiger partial charge on any atom is 0.219 e. The Labute approximate surface area is 201 Å². The third kappa shape index (κ3) is 4.53. The average Bonchev–Trinajstić information content (AvgIpc) is 3.33. The van der Waals surface area contributed by atoms with Gasteiger partial charge in [0.2, 0.25) is 5.88 Å². The van der Waals surface area contributed by atoms with E-state index in [0.29, 0.717) is 18.7 Å². The van der Waals surface area contributed by atoms with Crippen molar-refractivity contribution in [3.8, 4) is 5.88 Å². The van der Waals surface area contributed by atoms with Crippen molar-refractivity contribution >= 4 is 26.8 Å². The molecule has 1 aliphatic rings. The van der Waals surface area contributed by atoms with Crippen LogP contribution in [0.2, 0.25) is 0 Å². The van der Waals surface area contributed by atoms with Crippen molar-refractivity contribution in [1.82, 2.24) is 20.1 Å². The number of hydrogen-bond acceptors (Lipinski definition) is 5. The first-order chi connectivity index (χ1) is 16.1. The largest absolute Gasteiger partial charge is 0.481 e. The molecule has 6 nitrogen and oxygen atoms in total. The van der Waals surface area contributed by atoms with E-state index in [1.54, 1.807) is 13.3 Å². The van der Waals surface area contributed by atoms with Gasteiger partial charge in [-0.05, 0) is 61.7 Å². The van der Waals surface area contributed by atoms with Gasteiger partial charge in [-0.15, -0.1) is 0 Å². The van der Waals surface area contributed by atoms with E-state index in [9.17, 15) is 5.11 Å². The van der Waals surface area contributed by atoms with E-state index >= 15 is 0 Å². The molecule has 0 radical (unpaired) electrons. The quantitative estimate of drug-likeness (QED) is 0.402. The summed E-state index contributed by atoms with van der Waals surface area (Å²) < 4.78 is 8.55. The zero-order valence-electron chi connectivity index (χ0n) is 18.5. The summed E-state index contributed by atoms with van der Waals surface area (Å²) in [5.41, 5.74) is 1.90. The highest BCUT2D eigenvalue weighted by atomic mass is 79.9. The number of pyridine rings is 1. The highest BCUT2D eigenvalue weighted by molar-refractivity contribution is 9.10. The topological polar surface area (TPSA) is 72.2 Å². The van der Waals surface area contributed by atoms with Gasteiger partial charge >= 0.3 is 0 Å². The van der Waals surface area contributed by atoms with Crippen LogP contribution in [0.5, 0.6) is 5.88 Å². The molecule has 2 aromatic heterocycles. The van der Waals surface area contributed by atoms with Crippen molar-refractivity contribution < 1.29 is 9.84 Å². The van der Waals surface area contributed by atoms with E-state index in [0.717, 1.165) is 33.9 Å². The smallest absolute Gasteiger partial charge is 0.219 e. The van der Waals surface area contributed by atoms with Crippen LogP contribution >= 0.6 is 15.9 Å². The van der Waals surface area contributed by atoms with Crippen LogP contribution in [0, 0.1) is 0 Å². The van der Waals surface area contributed by atoms with Gasteiger partial charge in [0.25, 0.3) is 0 Å². The van der Waals surface area contributed by atoms with Gasteiger partial charge in [-0.2, -0.15) is 5.10 Å². The first-order valence-corrected chi connectivity index (χ1v) is 12.0. The second-order valence-electron chi connectivity index (χ2n) is 8.71. The standard InChI is InChI=1S/C26H27BrN4O2/c1-33-25-22(16-19-15-20(27)8-9-23(19)30-25)24(31-13-5-11-29-31)26(32)10-12-28-21(17-26)14-18-6-3-2-4-7-18/h2-9,11,13,15-16,21,24,28,32H,10,12,14,17H2,1H3. The Kier molecular flexibility index (Phi) is 6.19. The SMILES string of the molecule is COc1nc2ccc(Br)cc2cc1C(n1cccn1)C1(O)CCNC(Cc2ccccc2)C1. The maximum atomic E-state index is 12.2. The van der Waals surface area contributed by atoms with Crippen molar-refractivity contribution in [3.63, 3.8) is 0 Å². The number of ether oxygens (including phenoxy) is 1. The molecule has 0 saturated carbocycles. The molecule has 0 amide bonds. The number of benzene rings is 2. The molecule has 0 aliphatic carbocycles. The third-order valence-electron chi connectivity index (χ3n) is 6.47. The highest BCUT2D eigenvalue weighted by Gasteiger charge is 2.45. The van der Waals surface area contributed by atoms with Crippen molar-refractivity contribution in [2.75, 3.05) is 13.7 Å². The van der Waals surface area contributed by atoms with Crippen LogP contribution in [0.1, 0.15) is 30.0 Å². The molecule has 3 heterocycles. The van der Waals surface area contributed by atoms with E-state index in [1.807, 2.05) is 41.2 Å². The molecule has 1 aliphatic heterocycles. The minimum Gasteiger partial charge on any atom is -0.481 e. The van der Waals surface area contributed by atoms with Gasteiger partial charge in [0.1, 0.15) is 6.04 Å². The van der Waals surface area contributed by atoms with Crippen LogP contribution in [-0.2, 0) is 6.42 Å². The first kappa shape index (κ1) is 22.1. The average molecular weight is 507 g/mol. The van der Waals surface area contributed by atoms with Crippen molar-refractivity contribution in [2.45, 2.75) is 36.9 Å². The Morgan fingerprint density at radius 1 is 1.21 bits per heavy atom. The van der Waals surface area contributed by atoms with Crippen LogP contribution in [0.15, 0.2) is 77.5 Å². The normalized spacial score (nSPS) is 21.7. The Bertz CT molecular complexity index is 1230. The fraction of sp³-hybridized carbons (Fsp3) is 0.308. The molecule has 4 aromatic rings. The molecular formula is C26H27BrN4O2. The van der Waals surface area contributed by atoms with E-state index in [4.69, 9.17) is 9.72 Å². The van der Waals surface area contributed by atoms with E-state index < -0.39 is 11.6 Å². The van der Waals surface area contributed by atoms with Gasteiger partial charge in [-0.25, -0.2) is 4.98 Å². The van der Waals surface area contributed by atoms with Crippen LogP contribution in [0.3, 0.4) is 0 Å². The number of hydrogen-bond donors (Lipinski definition) is 2. The zero-order valence-corrected chi connectivity index (χ0v) is 20.1. The Balaban J connectivity index is 1.57. The molecule has 5 rings (SSSR count). The van der Waals surface area contributed by atoms with Gasteiger partial charge in [0, 0.05) is 33.9 Å². The lowest BCUT2D eigenvalue weighted by molar-refractivity contribution is -0.0407. The van der Waals surface area contributed by atoms with Gasteiger partial charge in [-0.1, -0.05) is 46.3 Å². The number of nitrogens with zero attached hydrogens (tertiary/aromatic N) is 3. The molecule has 0 bridgehead atoms. The summed E-state index contributed by atoms with van der Waals surface area (Å²) in [4.78, 5) is 4.77. The van der Waals surface area contributed by atoms with Crippen LogP contribution in [0.4, 0.5) is 0 Å². The molecule has 170 valence electrons. The molecule has 1 fully saturated rings. The summed E-state index contributed by atoms with van der Waals surface area (Å²) in [7, 11) is 1.63. The Morgan fingerprint density at radius 3 is 2.82 bits per heavy atom. The first-order valence-electron chi connectivity index (χ1n) is 11.2. The lowest BCUT2D eigenvalue weighted by Gasteiger charge is -2.43. The Morgan fingerprint density at radius 2 is 2.06 bits per heavy atom. The zero-order chi connectivity index (χ0) is 22.8. The summed E-state index contributed by atoms with van der Waals surface area (Å²) >= 11 is 3.56. The van der Waals surface area contributed by atoms with Gasteiger partial charge in [0.05, 0.1) is 18.2 Å². The number of aliphatic hydroxyl groups is 1. The summed E-state index contributed by atoms with van der Waals surface area (Å²) in [6.45, 7) is 0.723. The number of nitrogens with one attached hydrogen (secondary N) is 1. The van der Waals surface area contributed by atoms with E-state index in [-0.39, 0.29) is 6.04 Å². The van der Waals surface area contributed by atoms with Crippen molar-refractivity contribution in [2.24, 2.45) is 0 Å². The van der Waals surface area contributed by atoms with E-state index in [2.05, 4.69) is 56.7 Å². The lowest BCUT2D eigenvalue weighted by Crippen LogP contribution is -2.53. The number of methoxy groups -OCH3 is 1. The highest BCUT2D eigenvalue weighted by Crippen LogP contribution is 2.42. The fourth-order valence-corrected chi connectivity index (χ4v) is 5.38. The monoisotopic (exact) mass is 506 g/mol. The molecule has 3 unspecified atom stereocenters. The van der Waals surface area contributed by atoms with Crippen LogP contribution in [-0.4, -0.2) is 45.2 Å². The van der Waals surface area contributed by atoms with Crippen LogP contribution in [0.25, 0.3) is 10.9 Å². The number of aromatic nitrogens is 3. The summed E-state index contributed by atoms with van der Waals surface area (Å²) in [6.07, 6.45) is 5.70. The second kappa shape index (κ2) is 9.25. The predicted octanol–water partition coefficient (Wildman–Crippen LogP) is 4.52. The van der Waals surface area contributed by atoms with Crippen LogP contribution < -0.4 is 10.1 Å². The number of rotatable bonds is 6. The molecule has 1 saturated heterocycles. The molecule has 2 N–H and O–H groups in total. The fourth-order valence-electron chi connectivity index (χ4n) is 5.00. The van der Waals surface area contributed by atoms with Gasteiger partial charge < -0.3 is 15.2 Å². The van der Waals surface area contributed by atoms with Crippen molar-refractivity contribution in [1.29, 1.82) is 0 Å². The number of piperidine rings is 1. The molecule has 3 atom stereocenters. The minimum atomic E-state index is -1.02. The van der Waals surface area contributed by atoms with Crippen molar-refractivity contribution in [3.05, 3.63) is 88.7 Å². The van der Waals surface area contributed by atoms with E-state index in [1.165, 1.54) is 5.56 Å². The minimum absolute atomic E-state index is 0.151. The summed E-state index contributed by atoms with van der Waals surface area (Å²) in [5.74, 6) is 0.511. The molecule has 0 spiro atoms. The maximum absolute atomic E-state index is 12.2.